The van der Waals surface area contributed by atoms with Gasteiger partial charge in [0.1, 0.15) is 11.6 Å². The topological polar surface area (TPSA) is 81.9 Å². The van der Waals surface area contributed by atoms with Gasteiger partial charge in [-0.05, 0) is 74.7 Å². The van der Waals surface area contributed by atoms with Crippen molar-refractivity contribution in [3.8, 4) is 22.3 Å². The minimum Gasteiger partial charge on any atom is -0.399 e. The van der Waals surface area contributed by atoms with Gasteiger partial charge < -0.3 is 9.31 Å². The fourth-order valence-electron chi connectivity index (χ4n) is 4.74. The van der Waals surface area contributed by atoms with E-state index in [4.69, 9.17) is 9.31 Å². The number of rotatable bonds is 6. The summed E-state index contributed by atoms with van der Waals surface area (Å²) in [6.45, 7) is 8.13. The lowest BCUT2D eigenvalue weighted by Crippen LogP contribution is -2.44. The van der Waals surface area contributed by atoms with Crippen molar-refractivity contribution in [1.82, 2.24) is 9.61 Å². The van der Waals surface area contributed by atoms with Crippen molar-refractivity contribution in [3.05, 3.63) is 72.6 Å². The van der Waals surface area contributed by atoms with Crippen LogP contribution in [0.3, 0.4) is 0 Å². The highest BCUT2D eigenvalue weighted by Gasteiger charge is 2.53. The molecule has 1 aliphatic rings. The van der Waals surface area contributed by atoms with E-state index < -0.39 is 40.0 Å². The Morgan fingerprint density at radius 2 is 1.71 bits per heavy atom. The Labute approximate surface area is 221 Å². The van der Waals surface area contributed by atoms with E-state index in [1.807, 2.05) is 39.1 Å². The van der Waals surface area contributed by atoms with Crippen LogP contribution in [-0.2, 0) is 19.3 Å². The standard InChI is InChI=1S/C27H28BF2N3O4S/c1-6-27(4)26(2,3)36-28(37-27)19-7-10-25-23(15-31-33(25)16-19)18-11-17(12-21(13-18)32-38(5,34)35)22-9-8-20(29)14-24(22)30/h7-16,32H,6H2,1-5H3. The average Bonchev–Trinajstić information content (AvgIpc) is 3.35. The van der Waals surface area contributed by atoms with Gasteiger partial charge in [-0.15, -0.1) is 0 Å². The molecule has 1 fully saturated rings. The molecule has 11 heteroatoms. The second kappa shape index (κ2) is 9.18. The van der Waals surface area contributed by atoms with E-state index in [2.05, 4.69) is 16.7 Å². The van der Waals surface area contributed by atoms with Crippen molar-refractivity contribution >= 4 is 33.8 Å². The van der Waals surface area contributed by atoms with Gasteiger partial charge in [0.25, 0.3) is 0 Å². The van der Waals surface area contributed by atoms with Crippen LogP contribution in [0.15, 0.2) is 60.9 Å². The second-order valence-electron chi connectivity index (χ2n) is 10.3. The molecule has 2 aromatic heterocycles. The zero-order valence-corrected chi connectivity index (χ0v) is 22.6. The minimum atomic E-state index is -3.61. The molecule has 1 N–H and O–H groups in total. The van der Waals surface area contributed by atoms with Gasteiger partial charge in [-0.2, -0.15) is 5.10 Å². The van der Waals surface area contributed by atoms with Crippen molar-refractivity contribution in [2.45, 2.75) is 45.3 Å². The average molecular weight is 539 g/mol. The Balaban J connectivity index is 1.58. The maximum atomic E-state index is 14.6. The molecule has 0 amide bonds. The number of benzene rings is 2. The molecule has 7 nitrogen and oxygen atoms in total. The van der Waals surface area contributed by atoms with E-state index in [1.165, 1.54) is 12.1 Å². The van der Waals surface area contributed by atoms with Crippen molar-refractivity contribution in [2.75, 3.05) is 11.0 Å². The van der Waals surface area contributed by atoms with Crippen LogP contribution in [0.2, 0.25) is 0 Å². The molecular weight excluding hydrogens is 511 g/mol. The number of fused-ring (bicyclic) bond motifs is 1. The zero-order valence-electron chi connectivity index (χ0n) is 21.7. The van der Waals surface area contributed by atoms with Crippen molar-refractivity contribution in [2.24, 2.45) is 0 Å². The first-order chi connectivity index (χ1) is 17.8. The Morgan fingerprint density at radius 3 is 2.34 bits per heavy atom. The first kappa shape index (κ1) is 26.3. The highest BCUT2D eigenvalue weighted by molar-refractivity contribution is 7.92. The fourth-order valence-corrected chi connectivity index (χ4v) is 5.28. The summed E-state index contributed by atoms with van der Waals surface area (Å²) in [6, 6.07) is 11.9. The van der Waals surface area contributed by atoms with Gasteiger partial charge in [-0.25, -0.2) is 21.7 Å². The zero-order chi connectivity index (χ0) is 27.5. The smallest absolute Gasteiger partial charge is 0.399 e. The van der Waals surface area contributed by atoms with Gasteiger partial charge >= 0.3 is 7.12 Å². The minimum absolute atomic E-state index is 0.140. The van der Waals surface area contributed by atoms with Crippen LogP contribution in [-0.4, -0.2) is 42.6 Å². The van der Waals surface area contributed by atoms with Crippen LogP contribution >= 0.6 is 0 Å². The van der Waals surface area contributed by atoms with Gasteiger partial charge in [0.15, 0.2) is 0 Å². The summed E-state index contributed by atoms with van der Waals surface area (Å²) in [5, 5.41) is 4.50. The maximum absolute atomic E-state index is 14.6. The predicted molar refractivity (Wildman–Crippen MR) is 145 cm³/mol. The second-order valence-corrected chi connectivity index (χ2v) is 12.1. The lowest BCUT2D eigenvalue weighted by molar-refractivity contribution is -0.0118. The third kappa shape index (κ3) is 4.81. The fraction of sp³-hybridized carbons (Fsp3) is 0.296. The van der Waals surface area contributed by atoms with Crippen molar-refractivity contribution < 1.29 is 26.5 Å². The quantitative estimate of drug-likeness (QED) is 0.349. The molecule has 0 spiro atoms. The van der Waals surface area contributed by atoms with Gasteiger partial charge in [-0.3, -0.25) is 4.72 Å². The lowest BCUT2D eigenvalue weighted by atomic mass is 9.80. The Bertz CT molecular complexity index is 1660. The van der Waals surface area contributed by atoms with E-state index in [0.29, 0.717) is 16.7 Å². The summed E-state index contributed by atoms with van der Waals surface area (Å²) in [7, 11) is -4.16. The highest BCUT2D eigenvalue weighted by atomic mass is 32.2. The normalized spacial score (nSPS) is 19.3. The number of aromatic nitrogens is 2. The number of hydrogen-bond donors (Lipinski definition) is 1. The molecule has 3 heterocycles. The molecule has 1 unspecified atom stereocenters. The number of anilines is 1. The Hall–Kier alpha value is -3.28. The molecule has 0 bridgehead atoms. The molecule has 0 saturated carbocycles. The molecule has 0 aliphatic carbocycles. The molecule has 5 rings (SSSR count). The third-order valence-electron chi connectivity index (χ3n) is 7.32. The third-order valence-corrected chi connectivity index (χ3v) is 7.92. The SMILES string of the molecule is CCC1(C)OB(c2ccc3c(-c4cc(NS(C)(=O)=O)cc(-c5ccc(F)cc5F)c4)cnn3c2)OC1(C)C. The van der Waals surface area contributed by atoms with Crippen LogP contribution in [0.1, 0.15) is 34.1 Å². The summed E-state index contributed by atoms with van der Waals surface area (Å²) in [5.41, 5.74) is 2.70. The number of halogens is 2. The molecule has 38 heavy (non-hydrogen) atoms. The highest BCUT2D eigenvalue weighted by Crippen LogP contribution is 2.39. The molecule has 2 aromatic carbocycles. The molecule has 1 atom stereocenters. The molecular formula is C27H28BF2N3O4S. The van der Waals surface area contributed by atoms with Gasteiger partial charge in [-0.1, -0.05) is 13.0 Å². The molecule has 1 aliphatic heterocycles. The van der Waals surface area contributed by atoms with Crippen molar-refractivity contribution in [3.63, 3.8) is 0 Å². The van der Waals surface area contributed by atoms with Crippen LogP contribution in [0.5, 0.6) is 0 Å². The number of sulfonamides is 1. The van der Waals surface area contributed by atoms with Gasteiger partial charge in [0.2, 0.25) is 10.0 Å². The summed E-state index contributed by atoms with van der Waals surface area (Å²) in [4.78, 5) is 0. The Kier molecular flexibility index (Phi) is 6.36. The largest absolute Gasteiger partial charge is 0.496 e. The Morgan fingerprint density at radius 1 is 1.00 bits per heavy atom. The molecule has 4 aromatic rings. The number of pyridine rings is 1. The molecule has 1 saturated heterocycles. The predicted octanol–water partition coefficient (Wildman–Crippen LogP) is 5.01. The number of nitrogens with zero attached hydrogens (tertiary/aromatic N) is 2. The monoisotopic (exact) mass is 539 g/mol. The van der Waals surface area contributed by atoms with Gasteiger partial charge in [0, 0.05) is 34.5 Å². The van der Waals surface area contributed by atoms with Gasteiger partial charge in [0.05, 0.1) is 29.2 Å². The summed E-state index contributed by atoms with van der Waals surface area (Å²) in [6.07, 6.45) is 5.31. The number of nitrogens with one attached hydrogen (secondary N) is 1. The van der Waals surface area contributed by atoms with E-state index in [1.54, 1.807) is 22.8 Å². The molecule has 0 radical (unpaired) electrons. The van der Waals surface area contributed by atoms with E-state index in [9.17, 15) is 17.2 Å². The molecule has 198 valence electrons. The first-order valence-electron chi connectivity index (χ1n) is 12.2. The summed E-state index contributed by atoms with van der Waals surface area (Å²) < 4.78 is 68.8. The van der Waals surface area contributed by atoms with Crippen LogP contribution in [0.4, 0.5) is 14.5 Å². The van der Waals surface area contributed by atoms with Crippen molar-refractivity contribution in [1.29, 1.82) is 0 Å². The van der Waals surface area contributed by atoms with Crippen LogP contribution in [0.25, 0.3) is 27.8 Å². The van der Waals surface area contributed by atoms with E-state index in [-0.39, 0.29) is 11.3 Å². The summed E-state index contributed by atoms with van der Waals surface area (Å²) in [5.74, 6) is -1.45. The maximum Gasteiger partial charge on any atom is 0.496 e. The van der Waals surface area contributed by atoms with E-state index in [0.717, 1.165) is 35.8 Å². The van der Waals surface area contributed by atoms with Crippen LogP contribution in [0, 0.1) is 11.6 Å². The van der Waals surface area contributed by atoms with Crippen LogP contribution < -0.4 is 10.2 Å². The first-order valence-corrected chi connectivity index (χ1v) is 14.1. The van der Waals surface area contributed by atoms with E-state index >= 15 is 0 Å². The summed E-state index contributed by atoms with van der Waals surface area (Å²) >= 11 is 0. The number of hydrogen-bond acceptors (Lipinski definition) is 5. The lowest BCUT2D eigenvalue weighted by Gasteiger charge is -2.35.